The van der Waals surface area contributed by atoms with E-state index in [1.54, 1.807) is 18.7 Å². The van der Waals surface area contributed by atoms with E-state index in [0.29, 0.717) is 24.5 Å². The van der Waals surface area contributed by atoms with Crippen LogP contribution in [0.3, 0.4) is 0 Å². The number of methoxy groups -OCH3 is 1. The van der Waals surface area contributed by atoms with Gasteiger partial charge < -0.3 is 15.4 Å². The van der Waals surface area contributed by atoms with Crippen molar-refractivity contribution in [3.63, 3.8) is 0 Å². The largest absolute Gasteiger partial charge is 0.393 e. The maximum Gasteiger partial charge on any atom is 0.254 e. The van der Waals surface area contributed by atoms with Crippen molar-refractivity contribution >= 4 is 23.1 Å². The monoisotopic (exact) mass is 232 g/mol. The zero-order chi connectivity index (χ0) is 12.1. The van der Waals surface area contributed by atoms with Crippen LogP contribution in [0.5, 0.6) is 0 Å². The van der Waals surface area contributed by atoms with Gasteiger partial charge in [0.15, 0.2) is 0 Å². The summed E-state index contributed by atoms with van der Waals surface area (Å²) in [6, 6.07) is 0. The van der Waals surface area contributed by atoms with E-state index >= 15 is 0 Å². The number of carbonyl (C=O) groups is 1. The zero-order valence-corrected chi connectivity index (χ0v) is 10.7. The molecule has 0 radical (unpaired) electrons. The van der Waals surface area contributed by atoms with Gasteiger partial charge in [0.1, 0.15) is 5.60 Å². The molecule has 0 aliphatic rings. The summed E-state index contributed by atoms with van der Waals surface area (Å²) >= 11 is 4.78. The van der Waals surface area contributed by atoms with Crippen molar-refractivity contribution in [2.45, 2.75) is 32.8 Å². The molecule has 0 fully saturated rings. The van der Waals surface area contributed by atoms with Crippen molar-refractivity contribution in [3.8, 4) is 0 Å². The van der Waals surface area contributed by atoms with E-state index in [0.717, 1.165) is 0 Å². The van der Waals surface area contributed by atoms with Crippen LogP contribution in [0, 0.1) is 0 Å². The topological polar surface area (TPSA) is 55.6 Å². The normalized spacial score (nSPS) is 11.2. The molecule has 1 amide bonds. The summed E-state index contributed by atoms with van der Waals surface area (Å²) in [4.78, 5) is 14.1. The fraction of sp³-hybridized carbons (Fsp3) is 0.800. The number of likely N-dealkylation sites (N-methyl/N-ethyl adjacent to an activating group) is 1. The molecule has 0 bridgehead atoms. The maximum absolute atomic E-state index is 12.0. The van der Waals surface area contributed by atoms with Crippen molar-refractivity contribution in [3.05, 3.63) is 0 Å². The van der Waals surface area contributed by atoms with Crippen LogP contribution < -0.4 is 5.73 Å². The van der Waals surface area contributed by atoms with Crippen LogP contribution >= 0.6 is 12.2 Å². The van der Waals surface area contributed by atoms with E-state index in [2.05, 4.69) is 0 Å². The van der Waals surface area contributed by atoms with E-state index in [1.165, 1.54) is 7.11 Å². The van der Waals surface area contributed by atoms with Gasteiger partial charge >= 0.3 is 0 Å². The number of rotatable bonds is 6. The molecule has 0 saturated carbocycles. The van der Waals surface area contributed by atoms with E-state index in [1.807, 2.05) is 6.92 Å². The molecule has 0 aromatic heterocycles. The summed E-state index contributed by atoms with van der Waals surface area (Å²) < 4.78 is 5.13. The minimum Gasteiger partial charge on any atom is -0.393 e. The van der Waals surface area contributed by atoms with Gasteiger partial charge in [-0.05, 0) is 20.8 Å². The van der Waals surface area contributed by atoms with Crippen LogP contribution in [0.15, 0.2) is 0 Å². The van der Waals surface area contributed by atoms with Crippen LogP contribution in [0.1, 0.15) is 27.2 Å². The third kappa shape index (κ3) is 4.57. The molecule has 0 aromatic rings. The van der Waals surface area contributed by atoms with Crippen LogP contribution in [0.2, 0.25) is 0 Å². The van der Waals surface area contributed by atoms with Crippen LogP contribution in [-0.4, -0.2) is 41.6 Å². The van der Waals surface area contributed by atoms with Crippen molar-refractivity contribution in [1.82, 2.24) is 4.90 Å². The second kappa shape index (κ2) is 6.02. The molecule has 88 valence electrons. The first-order valence-corrected chi connectivity index (χ1v) is 5.38. The number of nitrogens with zero attached hydrogens (tertiary/aromatic N) is 1. The molecular formula is C10H20N2O2S. The Morgan fingerprint density at radius 2 is 2.07 bits per heavy atom. The molecule has 4 nitrogen and oxygen atoms in total. The lowest BCUT2D eigenvalue weighted by molar-refractivity contribution is -0.150. The highest BCUT2D eigenvalue weighted by Gasteiger charge is 2.30. The second-order valence-electron chi connectivity index (χ2n) is 3.82. The molecular weight excluding hydrogens is 212 g/mol. The predicted molar refractivity (Wildman–Crippen MR) is 64.7 cm³/mol. The minimum atomic E-state index is -0.785. The Bertz CT molecular complexity index is 242. The van der Waals surface area contributed by atoms with Crippen LogP contribution in [-0.2, 0) is 9.53 Å². The summed E-state index contributed by atoms with van der Waals surface area (Å²) in [6.07, 6.45) is 0.550. The summed E-state index contributed by atoms with van der Waals surface area (Å²) in [5.41, 5.74) is 4.61. The molecule has 0 atom stereocenters. The summed E-state index contributed by atoms with van der Waals surface area (Å²) in [7, 11) is 1.53. The molecule has 0 unspecified atom stereocenters. The zero-order valence-electron chi connectivity index (χ0n) is 9.87. The minimum absolute atomic E-state index is 0.0382. The van der Waals surface area contributed by atoms with E-state index < -0.39 is 5.60 Å². The lowest BCUT2D eigenvalue weighted by atomic mass is 10.1. The van der Waals surface area contributed by atoms with E-state index in [4.69, 9.17) is 22.7 Å². The molecule has 0 aliphatic heterocycles. The lowest BCUT2D eigenvalue weighted by Gasteiger charge is -2.30. The van der Waals surface area contributed by atoms with Gasteiger partial charge in [0.25, 0.3) is 5.91 Å². The standard InChI is InChI=1S/C10H20N2O2S/c1-5-12(7-6-8(11)15)9(13)10(2,3)14-4/h5-7H2,1-4H3,(H2,11,15). The van der Waals surface area contributed by atoms with Gasteiger partial charge in [0.2, 0.25) is 0 Å². The van der Waals surface area contributed by atoms with Crippen molar-refractivity contribution in [1.29, 1.82) is 0 Å². The van der Waals surface area contributed by atoms with E-state index in [-0.39, 0.29) is 5.91 Å². The number of hydrogen-bond acceptors (Lipinski definition) is 3. The van der Waals surface area contributed by atoms with Crippen molar-refractivity contribution in [2.24, 2.45) is 5.73 Å². The Hall–Kier alpha value is -0.680. The first kappa shape index (κ1) is 14.3. The molecule has 0 aliphatic carbocycles. The van der Waals surface area contributed by atoms with Gasteiger partial charge in [0, 0.05) is 26.6 Å². The fourth-order valence-electron chi connectivity index (χ4n) is 1.12. The number of nitrogens with two attached hydrogens (primary N) is 1. The Balaban J connectivity index is 4.41. The van der Waals surface area contributed by atoms with Gasteiger partial charge in [-0.2, -0.15) is 0 Å². The quantitative estimate of drug-likeness (QED) is 0.692. The Morgan fingerprint density at radius 1 is 1.53 bits per heavy atom. The van der Waals surface area contributed by atoms with Gasteiger partial charge in [-0.25, -0.2) is 0 Å². The molecule has 5 heteroatoms. The first-order chi connectivity index (χ1) is 6.85. The molecule has 2 N–H and O–H groups in total. The summed E-state index contributed by atoms with van der Waals surface area (Å²) in [6.45, 7) is 6.60. The van der Waals surface area contributed by atoms with Crippen molar-refractivity contribution in [2.75, 3.05) is 20.2 Å². The summed E-state index contributed by atoms with van der Waals surface area (Å²) in [5, 5.41) is 0. The highest BCUT2D eigenvalue weighted by Crippen LogP contribution is 2.12. The lowest BCUT2D eigenvalue weighted by Crippen LogP contribution is -2.47. The molecule has 0 saturated heterocycles. The van der Waals surface area contributed by atoms with E-state index in [9.17, 15) is 4.79 Å². The molecule has 0 rings (SSSR count). The number of carbonyl (C=O) groups excluding carboxylic acids is 1. The van der Waals surface area contributed by atoms with Gasteiger partial charge in [-0.15, -0.1) is 0 Å². The second-order valence-corrected chi connectivity index (χ2v) is 4.34. The number of hydrogen-bond donors (Lipinski definition) is 1. The Morgan fingerprint density at radius 3 is 2.40 bits per heavy atom. The Kier molecular flexibility index (Phi) is 5.75. The maximum atomic E-state index is 12.0. The molecule has 0 heterocycles. The molecule has 0 aromatic carbocycles. The number of amides is 1. The van der Waals surface area contributed by atoms with Gasteiger partial charge in [-0.1, -0.05) is 12.2 Å². The average molecular weight is 232 g/mol. The molecule has 0 spiro atoms. The highest BCUT2D eigenvalue weighted by atomic mass is 32.1. The fourth-order valence-corrected chi connectivity index (χ4v) is 1.21. The number of ether oxygens (including phenoxy) is 1. The third-order valence-corrected chi connectivity index (χ3v) is 2.53. The van der Waals surface area contributed by atoms with Gasteiger partial charge in [0.05, 0.1) is 4.99 Å². The third-order valence-electron chi connectivity index (χ3n) is 2.32. The first-order valence-electron chi connectivity index (χ1n) is 4.98. The Labute approximate surface area is 96.8 Å². The van der Waals surface area contributed by atoms with Gasteiger partial charge in [-0.3, -0.25) is 4.79 Å². The predicted octanol–water partition coefficient (Wildman–Crippen LogP) is 0.936. The highest BCUT2D eigenvalue weighted by molar-refractivity contribution is 7.80. The summed E-state index contributed by atoms with van der Waals surface area (Å²) in [5.74, 6) is -0.0382. The molecule has 15 heavy (non-hydrogen) atoms. The van der Waals surface area contributed by atoms with Crippen LogP contribution in [0.25, 0.3) is 0 Å². The smallest absolute Gasteiger partial charge is 0.254 e. The number of thiocarbonyl (C=S) groups is 1. The SMILES string of the molecule is CCN(CCC(N)=S)C(=O)C(C)(C)OC. The average Bonchev–Trinajstić information content (AvgIpc) is 2.18. The van der Waals surface area contributed by atoms with Crippen LogP contribution in [0.4, 0.5) is 0 Å². The van der Waals surface area contributed by atoms with Crippen molar-refractivity contribution < 1.29 is 9.53 Å².